The summed E-state index contributed by atoms with van der Waals surface area (Å²) in [6, 6.07) is 11.4. The van der Waals surface area contributed by atoms with Gasteiger partial charge in [-0.25, -0.2) is 0 Å². The molecular weight excluding hydrogens is 350 g/mol. The molecule has 4 rings (SSSR count). The number of phenolic OH excluding ortho intramolecular Hbond substituents is 1. The van der Waals surface area contributed by atoms with Crippen molar-refractivity contribution in [1.82, 2.24) is 14.8 Å². The summed E-state index contributed by atoms with van der Waals surface area (Å²) in [6.07, 6.45) is 0. The molecule has 2 heterocycles. The molecule has 0 saturated heterocycles. The highest BCUT2D eigenvalue weighted by atomic mass is 32.1. The van der Waals surface area contributed by atoms with Crippen LogP contribution in [0.1, 0.15) is 30.9 Å². The van der Waals surface area contributed by atoms with Gasteiger partial charge in [0.15, 0.2) is 22.1 Å². The summed E-state index contributed by atoms with van der Waals surface area (Å²) >= 11 is 5.41. The first-order valence-electron chi connectivity index (χ1n) is 8.40. The van der Waals surface area contributed by atoms with Crippen LogP contribution < -0.4 is 9.47 Å². The van der Waals surface area contributed by atoms with Gasteiger partial charge in [0.2, 0.25) is 6.79 Å². The molecule has 7 heteroatoms. The summed E-state index contributed by atoms with van der Waals surface area (Å²) in [5.74, 6) is 2.59. The first-order chi connectivity index (χ1) is 12.5. The van der Waals surface area contributed by atoms with Crippen molar-refractivity contribution < 1.29 is 14.6 Å². The fraction of sp³-hybridized carbons (Fsp3) is 0.263. The van der Waals surface area contributed by atoms with E-state index in [1.807, 2.05) is 34.9 Å². The van der Waals surface area contributed by atoms with Gasteiger partial charge in [0.25, 0.3) is 0 Å². The molecule has 134 valence electrons. The van der Waals surface area contributed by atoms with Gasteiger partial charge in [-0.2, -0.15) is 5.10 Å². The molecule has 0 radical (unpaired) electrons. The van der Waals surface area contributed by atoms with E-state index in [9.17, 15) is 5.11 Å². The molecule has 1 aliphatic heterocycles. The Balaban J connectivity index is 1.75. The normalized spacial score (nSPS) is 12.7. The molecule has 0 saturated carbocycles. The number of aromatic nitrogens is 3. The van der Waals surface area contributed by atoms with E-state index in [4.69, 9.17) is 21.7 Å². The third kappa shape index (κ3) is 2.94. The summed E-state index contributed by atoms with van der Waals surface area (Å²) in [6.45, 7) is 4.97. The first kappa shape index (κ1) is 16.7. The number of rotatable bonds is 4. The minimum absolute atomic E-state index is 0.176. The first-order valence-corrected chi connectivity index (χ1v) is 8.81. The van der Waals surface area contributed by atoms with E-state index in [2.05, 4.69) is 24.0 Å². The molecule has 0 unspecified atom stereocenters. The van der Waals surface area contributed by atoms with Gasteiger partial charge >= 0.3 is 0 Å². The Bertz CT molecular complexity index is 1020. The van der Waals surface area contributed by atoms with Gasteiger partial charge in [-0.3, -0.25) is 9.67 Å². The Morgan fingerprint density at radius 1 is 1.19 bits per heavy atom. The molecule has 0 aliphatic carbocycles. The summed E-state index contributed by atoms with van der Waals surface area (Å²) < 4.78 is 13.2. The Labute approximate surface area is 156 Å². The van der Waals surface area contributed by atoms with Crippen LogP contribution >= 0.6 is 12.2 Å². The Kier molecular flexibility index (Phi) is 4.16. The third-order valence-electron chi connectivity index (χ3n) is 4.46. The molecule has 2 aromatic carbocycles. The van der Waals surface area contributed by atoms with Crippen LogP contribution in [0, 0.1) is 4.77 Å². The third-order valence-corrected chi connectivity index (χ3v) is 4.78. The van der Waals surface area contributed by atoms with Gasteiger partial charge in [-0.05, 0) is 53.5 Å². The van der Waals surface area contributed by atoms with E-state index in [-0.39, 0.29) is 12.5 Å². The number of fused-ring (bicyclic) bond motifs is 1. The summed E-state index contributed by atoms with van der Waals surface area (Å²) in [5.41, 5.74) is 2.79. The number of ether oxygens (including phenoxy) is 2. The quantitative estimate of drug-likeness (QED) is 0.674. The van der Waals surface area contributed by atoms with Crippen molar-refractivity contribution in [2.45, 2.75) is 26.3 Å². The summed E-state index contributed by atoms with van der Waals surface area (Å²) in [5, 5.41) is 17.5. The lowest BCUT2D eigenvalue weighted by Gasteiger charge is -2.12. The molecule has 0 spiro atoms. The average molecular weight is 369 g/mol. The maximum Gasteiger partial charge on any atom is 0.231 e. The van der Waals surface area contributed by atoms with Crippen LogP contribution in [0.25, 0.3) is 11.4 Å². The molecule has 0 bridgehead atoms. The van der Waals surface area contributed by atoms with Crippen LogP contribution in [0.5, 0.6) is 17.2 Å². The van der Waals surface area contributed by atoms with Crippen LogP contribution in [0.2, 0.25) is 0 Å². The Morgan fingerprint density at radius 3 is 2.81 bits per heavy atom. The molecule has 0 fully saturated rings. The number of aromatic amines is 1. The summed E-state index contributed by atoms with van der Waals surface area (Å²) in [4.78, 5) is 0. The minimum atomic E-state index is 0.176. The molecule has 2 N–H and O–H groups in total. The van der Waals surface area contributed by atoms with Crippen LogP contribution in [0.3, 0.4) is 0 Å². The van der Waals surface area contributed by atoms with E-state index in [0.29, 0.717) is 28.6 Å². The van der Waals surface area contributed by atoms with Crippen molar-refractivity contribution >= 4 is 12.2 Å². The number of hydrogen-bond donors (Lipinski definition) is 2. The number of nitrogens with zero attached hydrogens (tertiary/aromatic N) is 2. The van der Waals surface area contributed by atoms with E-state index in [1.54, 1.807) is 6.07 Å². The van der Waals surface area contributed by atoms with Crippen LogP contribution in [-0.4, -0.2) is 26.7 Å². The Hall–Kier alpha value is -2.80. The van der Waals surface area contributed by atoms with Gasteiger partial charge in [-0.15, -0.1) is 0 Å². The average Bonchev–Trinajstić information content (AvgIpc) is 3.22. The SMILES string of the molecule is CC(C)c1ccc(O)c(-c2n[nH]c(=S)n2Cc2ccc3c(c2)OCO3)c1. The van der Waals surface area contributed by atoms with E-state index in [0.717, 1.165) is 22.6 Å². The number of hydrogen-bond acceptors (Lipinski definition) is 5. The predicted octanol–water partition coefficient (Wildman–Crippen LogP) is 4.21. The molecule has 0 amide bonds. The van der Waals surface area contributed by atoms with Gasteiger partial charge < -0.3 is 14.6 Å². The van der Waals surface area contributed by atoms with Crippen molar-refractivity contribution in [1.29, 1.82) is 0 Å². The molecule has 3 aromatic rings. The lowest BCUT2D eigenvalue weighted by atomic mass is 10.00. The highest BCUT2D eigenvalue weighted by Gasteiger charge is 2.17. The minimum Gasteiger partial charge on any atom is -0.507 e. The van der Waals surface area contributed by atoms with Crippen LogP contribution in [0.15, 0.2) is 36.4 Å². The molecule has 1 aliphatic rings. The van der Waals surface area contributed by atoms with Crippen LogP contribution in [0.4, 0.5) is 0 Å². The zero-order valence-electron chi connectivity index (χ0n) is 14.5. The smallest absolute Gasteiger partial charge is 0.231 e. The standard InChI is InChI=1S/C19H19N3O3S/c1-11(2)13-4-5-15(23)14(8-13)18-20-21-19(26)22(18)9-12-3-6-16-17(7-12)25-10-24-16/h3-8,11,23H,9-10H2,1-2H3,(H,21,26). The molecular formula is C19H19N3O3S. The Morgan fingerprint density at radius 2 is 2.00 bits per heavy atom. The second-order valence-corrected chi connectivity index (χ2v) is 6.94. The molecule has 0 atom stereocenters. The van der Waals surface area contributed by atoms with E-state index >= 15 is 0 Å². The number of phenols is 1. The van der Waals surface area contributed by atoms with Crippen molar-refractivity contribution in [3.63, 3.8) is 0 Å². The number of nitrogens with one attached hydrogen (secondary N) is 1. The van der Waals surface area contributed by atoms with Crippen molar-refractivity contribution in [2.24, 2.45) is 0 Å². The molecule has 1 aromatic heterocycles. The number of aromatic hydroxyl groups is 1. The predicted molar refractivity (Wildman–Crippen MR) is 100 cm³/mol. The van der Waals surface area contributed by atoms with E-state index < -0.39 is 0 Å². The van der Waals surface area contributed by atoms with Crippen molar-refractivity contribution in [3.05, 3.63) is 52.3 Å². The molecule has 26 heavy (non-hydrogen) atoms. The van der Waals surface area contributed by atoms with E-state index in [1.165, 1.54) is 0 Å². The second-order valence-electron chi connectivity index (χ2n) is 6.56. The number of H-pyrrole nitrogens is 1. The monoisotopic (exact) mass is 369 g/mol. The maximum atomic E-state index is 10.4. The van der Waals surface area contributed by atoms with Crippen LogP contribution in [-0.2, 0) is 6.54 Å². The van der Waals surface area contributed by atoms with Crippen molar-refractivity contribution in [3.8, 4) is 28.6 Å². The van der Waals surface area contributed by atoms with Gasteiger partial charge in [0.05, 0.1) is 12.1 Å². The lowest BCUT2D eigenvalue weighted by molar-refractivity contribution is 0.174. The maximum absolute atomic E-state index is 10.4. The second kappa shape index (κ2) is 6.49. The topological polar surface area (TPSA) is 72.3 Å². The number of benzene rings is 2. The summed E-state index contributed by atoms with van der Waals surface area (Å²) in [7, 11) is 0. The van der Waals surface area contributed by atoms with Gasteiger partial charge in [-0.1, -0.05) is 26.0 Å². The zero-order chi connectivity index (χ0) is 18.3. The highest BCUT2D eigenvalue weighted by molar-refractivity contribution is 7.71. The van der Waals surface area contributed by atoms with Crippen molar-refractivity contribution in [2.75, 3.05) is 6.79 Å². The highest BCUT2D eigenvalue weighted by Crippen LogP contribution is 2.34. The lowest BCUT2D eigenvalue weighted by Crippen LogP contribution is -2.03. The largest absolute Gasteiger partial charge is 0.507 e. The molecule has 6 nitrogen and oxygen atoms in total. The fourth-order valence-electron chi connectivity index (χ4n) is 2.98. The zero-order valence-corrected chi connectivity index (χ0v) is 15.3. The fourth-order valence-corrected chi connectivity index (χ4v) is 3.18. The van der Waals surface area contributed by atoms with Gasteiger partial charge in [0, 0.05) is 0 Å². The van der Waals surface area contributed by atoms with Gasteiger partial charge in [0.1, 0.15) is 5.75 Å².